The molecular weight excluding hydrogens is 527 g/mol. The molecule has 0 amide bonds. The molecule has 160 valence electrons. The van der Waals surface area contributed by atoms with Crippen LogP contribution in [0.4, 0.5) is 5.69 Å². The van der Waals surface area contributed by atoms with Crippen LogP contribution in [0.15, 0.2) is 52.0 Å². The molecule has 1 aliphatic heterocycles. The molecule has 9 heteroatoms. The van der Waals surface area contributed by atoms with Gasteiger partial charge in [-0.15, -0.1) is 0 Å². The van der Waals surface area contributed by atoms with Gasteiger partial charge in [-0.3, -0.25) is 0 Å². The van der Waals surface area contributed by atoms with Gasteiger partial charge < -0.3 is 19.2 Å². The number of morpholine rings is 1. The first-order valence-electron chi connectivity index (χ1n) is 9.99. The maximum Gasteiger partial charge on any atom is 0.177 e. The molecule has 1 aliphatic rings. The molecule has 0 atom stereocenters. The van der Waals surface area contributed by atoms with Crippen LogP contribution in [-0.4, -0.2) is 46.2 Å². The summed E-state index contributed by atoms with van der Waals surface area (Å²) in [7, 11) is 1.52. The molecule has 0 unspecified atom stereocenters. The number of hydrogen-bond donors (Lipinski definition) is 1. The van der Waals surface area contributed by atoms with Crippen molar-refractivity contribution in [3.05, 3.63) is 53.7 Å². The average molecular weight is 548 g/mol. The molecule has 0 aliphatic carbocycles. The van der Waals surface area contributed by atoms with Gasteiger partial charge in [-0.25, -0.2) is 9.67 Å². The molecule has 31 heavy (non-hydrogen) atoms. The molecule has 1 N–H and O–H groups in total. The summed E-state index contributed by atoms with van der Waals surface area (Å²) < 4.78 is 13.3. The lowest BCUT2D eigenvalue weighted by Gasteiger charge is -2.29. The molecule has 7 nitrogen and oxygen atoms in total. The van der Waals surface area contributed by atoms with E-state index in [0.717, 1.165) is 51.8 Å². The van der Waals surface area contributed by atoms with Crippen LogP contribution in [0, 0.1) is 6.92 Å². The number of furan rings is 1. The van der Waals surface area contributed by atoms with Crippen LogP contribution in [-0.2, 0) is 11.3 Å². The van der Waals surface area contributed by atoms with Crippen LogP contribution in [0.3, 0.4) is 0 Å². The predicted molar refractivity (Wildman–Crippen MR) is 130 cm³/mol. The summed E-state index contributed by atoms with van der Waals surface area (Å²) in [4.78, 5) is 7.08. The van der Waals surface area contributed by atoms with Crippen molar-refractivity contribution in [3.63, 3.8) is 0 Å². The van der Waals surface area contributed by atoms with Gasteiger partial charge in [-0.2, -0.15) is 5.10 Å². The lowest BCUT2D eigenvalue weighted by atomic mass is 10.1. The smallest absolute Gasteiger partial charge is 0.177 e. The summed E-state index contributed by atoms with van der Waals surface area (Å²) in [6.07, 6.45) is 0. The number of hydrogen-bond acceptors (Lipinski definition) is 7. The Morgan fingerprint density at radius 1 is 1.16 bits per heavy atom. The van der Waals surface area contributed by atoms with Gasteiger partial charge in [0.1, 0.15) is 5.52 Å². The van der Waals surface area contributed by atoms with Gasteiger partial charge in [0.05, 0.1) is 36.9 Å². The quantitative estimate of drug-likeness (QED) is 0.361. The van der Waals surface area contributed by atoms with E-state index < -0.39 is 0 Å². The molecule has 4 aromatic rings. The van der Waals surface area contributed by atoms with Gasteiger partial charge in [0.15, 0.2) is 16.5 Å². The zero-order valence-electron chi connectivity index (χ0n) is 16.9. The molecule has 4 heterocycles. The van der Waals surface area contributed by atoms with Crippen molar-refractivity contribution in [2.75, 3.05) is 31.2 Å². The molecular formula is C22H21IN4O3S. The highest BCUT2D eigenvalue weighted by molar-refractivity contribution is 14.2. The van der Waals surface area contributed by atoms with Crippen LogP contribution in [0.2, 0.25) is 0 Å². The summed E-state index contributed by atoms with van der Waals surface area (Å²) in [6, 6.07) is 14.0. The lowest BCUT2D eigenvalue weighted by Crippen LogP contribution is -2.36. The Bertz CT molecular complexity index is 1230. The van der Waals surface area contributed by atoms with Crippen molar-refractivity contribution in [1.82, 2.24) is 14.8 Å². The maximum atomic E-state index is 10.0. The molecule has 0 bridgehead atoms. The Hall–Kier alpha value is -2.08. The highest BCUT2D eigenvalue weighted by atomic mass is 127. The van der Waals surface area contributed by atoms with E-state index in [9.17, 15) is 5.11 Å². The third kappa shape index (κ3) is 4.07. The number of rotatable bonds is 5. The van der Waals surface area contributed by atoms with E-state index in [2.05, 4.69) is 45.2 Å². The topological polar surface area (TPSA) is 76.5 Å². The van der Waals surface area contributed by atoms with Gasteiger partial charge in [-0.1, -0.05) is 23.8 Å². The number of anilines is 1. The van der Waals surface area contributed by atoms with E-state index in [-0.39, 0.29) is 6.61 Å². The maximum absolute atomic E-state index is 10.0. The van der Waals surface area contributed by atoms with E-state index in [4.69, 9.17) is 19.2 Å². The van der Waals surface area contributed by atoms with E-state index in [0.29, 0.717) is 24.7 Å². The SMILES string of the molecule is Cc1cccc(-c2cc(CO)n(-c3cc(N4CCOCC4)c4oc(SI)cc4n3)n2)c1. The van der Waals surface area contributed by atoms with Crippen LogP contribution in [0.1, 0.15) is 11.3 Å². The predicted octanol–water partition coefficient (Wildman–Crippen LogP) is 4.76. The zero-order valence-corrected chi connectivity index (χ0v) is 19.9. The molecule has 5 rings (SSSR count). The van der Waals surface area contributed by atoms with Crippen LogP contribution in [0.25, 0.3) is 28.2 Å². The summed E-state index contributed by atoms with van der Waals surface area (Å²) in [6.45, 7) is 4.84. The molecule has 0 saturated carbocycles. The largest absolute Gasteiger partial charge is 0.445 e. The number of aliphatic hydroxyl groups is 1. The number of aromatic nitrogens is 3. The Morgan fingerprint density at radius 2 is 2.00 bits per heavy atom. The number of benzene rings is 1. The van der Waals surface area contributed by atoms with Gasteiger partial charge in [0.25, 0.3) is 0 Å². The fourth-order valence-corrected chi connectivity index (χ4v) is 4.75. The summed E-state index contributed by atoms with van der Waals surface area (Å²) in [5.41, 5.74) is 6.16. The molecule has 0 spiro atoms. The number of aryl methyl sites for hydroxylation is 1. The summed E-state index contributed by atoms with van der Waals surface area (Å²) in [5, 5.41) is 15.6. The number of ether oxygens (including phenoxy) is 1. The fourth-order valence-electron chi connectivity index (χ4n) is 3.83. The second-order valence-corrected chi connectivity index (χ2v) is 9.29. The van der Waals surface area contributed by atoms with E-state index >= 15 is 0 Å². The number of aliphatic hydroxyl groups excluding tert-OH is 1. The minimum atomic E-state index is -0.133. The van der Waals surface area contributed by atoms with Gasteiger partial charge >= 0.3 is 0 Å². The minimum Gasteiger partial charge on any atom is -0.445 e. The molecule has 1 saturated heterocycles. The Balaban J connectivity index is 1.66. The van der Waals surface area contributed by atoms with Gasteiger partial charge in [-0.05, 0) is 28.0 Å². The van der Waals surface area contributed by atoms with E-state index in [1.165, 1.54) is 8.93 Å². The highest BCUT2D eigenvalue weighted by Crippen LogP contribution is 2.37. The van der Waals surface area contributed by atoms with Crippen LogP contribution in [0.5, 0.6) is 0 Å². The first kappa shape index (κ1) is 20.8. The third-order valence-electron chi connectivity index (χ3n) is 5.33. The van der Waals surface area contributed by atoms with Crippen molar-refractivity contribution < 1.29 is 14.3 Å². The standard InChI is InChI=1S/C22H21IN4O3S/c1-14-3-2-4-15(9-14)17-10-16(13-28)27(25-17)20-12-19(26-5-7-29-8-6-26)22-18(24-20)11-21(30-22)31-23/h2-4,9-12,28H,5-8,13H2,1H3. The van der Waals surface area contributed by atoms with Crippen molar-refractivity contribution in [1.29, 1.82) is 0 Å². The monoisotopic (exact) mass is 548 g/mol. The van der Waals surface area contributed by atoms with Crippen LogP contribution >= 0.6 is 30.1 Å². The first-order valence-corrected chi connectivity index (χ1v) is 13.4. The Morgan fingerprint density at radius 3 is 2.74 bits per heavy atom. The van der Waals surface area contributed by atoms with Crippen molar-refractivity contribution >= 4 is 46.9 Å². The summed E-state index contributed by atoms with van der Waals surface area (Å²) >= 11 is 2.21. The van der Waals surface area contributed by atoms with Crippen molar-refractivity contribution in [2.45, 2.75) is 18.6 Å². The molecule has 3 aromatic heterocycles. The van der Waals surface area contributed by atoms with E-state index in [1.807, 2.05) is 30.3 Å². The number of halogens is 1. The van der Waals surface area contributed by atoms with Gasteiger partial charge in [0, 0.05) is 52.0 Å². The second-order valence-electron chi connectivity index (χ2n) is 7.42. The van der Waals surface area contributed by atoms with Crippen LogP contribution < -0.4 is 4.90 Å². The first-order chi connectivity index (χ1) is 15.2. The second kappa shape index (κ2) is 8.81. The van der Waals surface area contributed by atoms with E-state index in [1.54, 1.807) is 4.68 Å². The fraction of sp³-hybridized carbons (Fsp3) is 0.273. The highest BCUT2D eigenvalue weighted by Gasteiger charge is 2.21. The lowest BCUT2D eigenvalue weighted by molar-refractivity contribution is 0.122. The third-order valence-corrected chi connectivity index (χ3v) is 6.98. The Kier molecular flexibility index (Phi) is 5.91. The number of fused-ring (bicyclic) bond motifs is 1. The molecule has 1 aromatic carbocycles. The normalized spacial score (nSPS) is 14.5. The Labute approximate surface area is 196 Å². The van der Waals surface area contributed by atoms with Crippen molar-refractivity contribution in [3.8, 4) is 17.1 Å². The minimum absolute atomic E-state index is 0.133. The van der Waals surface area contributed by atoms with Gasteiger partial charge in [0.2, 0.25) is 0 Å². The number of pyridine rings is 1. The number of nitrogens with zero attached hydrogens (tertiary/aromatic N) is 4. The zero-order chi connectivity index (χ0) is 21.4. The molecule has 0 radical (unpaired) electrons. The average Bonchev–Trinajstić information content (AvgIpc) is 3.43. The molecule has 1 fully saturated rings. The van der Waals surface area contributed by atoms with Crippen molar-refractivity contribution in [2.24, 2.45) is 0 Å². The summed E-state index contributed by atoms with van der Waals surface area (Å²) in [5.74, 6) is 0.655.